The lowest BCUT2D eigenvalue weighted by molar-refractivity contribution is -0.118. The highest BCUT2D eigenvalue weighted by Gasteiger charge is 2.10. The number of hydrogen-bond donors (Lipinski definition) is 0. The van der Waals surface area contributed by atoms with Gasteiger partial charge in [-0.3, -0.25) is 4.79 Å². The molecule has 0 saturated heterocycles. The Kier molecular flexibility index (Phi) is 10.6. The molecule has 0 amide bonds. The van der Waals surface area contributed by atoms with E-state index in [0.717, 1.165) is 0 Å². The largest absolute Gasteiger partial charge is 0.490 e. The van der Waals surface area contributed by atoms with Crippen molar-refractivity contribution in [3.05, 3.63) is 29.6 Å². The molecule has 0 aliphatic carbocycles. The first-order valence-electron chi connectivity index (χ1n) is 7.96. The SMILES string of the molecule is CC.CCC(=O)CCCc1cccc(OCC(C)C)c1F. The van der Waals surface area contributed by atoms with E-state index in [0.29, 0.717) is 49.5 Å². The van der Waals surface area contributed by atoms with Gasteiger partial charge in [0.15, 0.2) is 11.6 Å². The number of ether oxygens (including phenoxy) is 1. The molecule has 0 radical (unpaired) electrons. The Morgan fingerprint density at radius 2 is 1.95 bits per heavy atom. The number of halogens is 1. The van der Waals surface area contributed by atoms with Crippen LogP contribution in [-0.4, -0.2) is 12.4 Å². The third-order valence-corrected chi connectivity index (χ3v) is 2.91. The standard InChI is InChI=1S/C16H23FO2.C2H6/c1-4-14(18)9-5-7-13-8-6-10-15(16(13)17)19-11-12(2)3;1-2/h6,8,10,12H,4-5,7,9,11H2,1-3H3;1-2H3. The smallest absolute Gasteiger partial charge is 0.168 e. The van der Waals surface area contributed by atoms with Crippen molar-refractivity contribution < 1.29 is 13.9 Å². The molecule has 1 aromatic rings. The summed E-state index contributed by atoms with van der Waals surface area (Å²) in [4.78, 5) is 11.2. The van der Waals surface area contributed by atoms with Gasteiger partial charge in [-0.25, -0.2) is 4.39 Å². The Hall–Kier alpha value is -1.38. The van der Waals surface area contributed by atoms with Crippen LogP contribution in [0.4, 0.5) is 4.39 Å². The van der Waals surface area contributed by atoms with Crippen LogP contribution in [-0.2, 0) is 11.2 Å². The molecule has 21 heavy (non-hydrogen) atoms. The minimum atomic E-state index is -0.285. The molecule has 0 aliphatic heterocycles. The fourth-order valence-electron chi connectivity index (χ4n) is 1.77. The van der Waals surface area contributed by atoms with Gasteiger partial charge in [0, 0.05) is 12.8 Å². The van der Waals surface area contributed by atoms with Crippen LogP contribution >= 0.6 is 0 Å². The quantitative estimate of drug-likeness (QED) is 0.660. The van der Waals surface area contributed by atoms with E-state index in [9.17, 15) is 9.18 Å². The van der Waals surface area contributed by atoms with E-state index in [2.05, 4.69) is 0 Å². The Balaban J connectivity index is 0.00000191. The molecule has 0 N–H and O–H groups in total. The Morgan fingerprint density at radius 3 is 2.52 bits per heavy atom. The average molecular weight is 296 g/mol. The lowest BCUT2D eigenvalue weighted by Gasteiger charge is -2.11. The van der Waals surface area contributed by atoms with E-state index in [1.54, 1.807) is 18.2 Å². The van der Waals surface area contributed by atoms with Gasteiger partial charge in [-0.15, -0.1) is 0 Å². The second-order valence-electron chi connectivity index (χ2n) is 5.18. The summed E-state index contributed by atoms with van der Waals surface area (Å²) in [6.07, 6.45) is 2.35. The molecule has 2 nitrogen and oxygen atoms in total. The van der Waals surface area contributed by atoms with Crippen molar-refractivity contribution >= 4 is 5.78 Å². The van der Waals surface area contributed by atoms with E-state index in [1.165, 1.54) is 0 Å². The zero-order valence-electron chi connectivity index (χ0n) is 14.0. The van der Waals surface area contributed by atoms with Crippen LogP contribution in [0.1, 0.15) is 59.4 Å². The molecule has 1 aromatic carbocycles. The highest BCUT2D eigenvalue weighted by molar-refractivity contribution is 5.77. The minimum Gasteiger partial charge on any atom is -0.490 e. The van der Waals surface area contributed by atoms with Gasteiger partial charge >= 0.3 is 0 Å². The summed E-state index contributed by atoms with van der Waals surface area (Å²) in [5, 5.41) is 0. The van der Waals surface area contributed by atoms with Crippen LogP contribution in [0, 0.1) is 11.7 Å². The summed E-state index contributed by atoms with van der Waals surface area (Å²) >= 11 is 0. The molecule has 0 aromatic heterocycles. The van der Waals surface area contributed by atoms with Gasteiger partial charge in [-0.05, 0) is 30.4 Å². The molecular formula is C18H29FO2. The average Bonchev–Trinajstić information content (AvgIpc) is 2.49. The van der Waals surface area contributed by atoms with E-state index in [1.807, 2.05) is 34.6 Å². The Bertz CT molecular complexity index is 414. The molecule has 0 bridgehead atoms. The normalized spacial score (nSPS) is 10.0. The number of aryl methyl sites for hydroxylation is 1. The number of hydrogen-bond acceptors (Lipinski definition) is 2. The predicted octanol–water partition coefficient (Wildman–Crippen LogP) is 5.19. The third kappa shape index (κ3) is 7.84. The molecule has 1 rings (SSSR count). The molecule has 0 heterocycles. The van der Waals surface area contributed by atoms with E-state index in [-0.39, 0.29) is 11.6 Å². The van der Waals surface area contributed by atoms with Crippen molar-refractivity contribution in [2.75, 3.05) is 6.61 Å². The zero-order valence-corrected chi connectivity index (χ0v) is 14.0. The number of ketones is 1. The topological polar surface area (TPSA) is 26.3 Å². The second-order valence-corrected chi connectivity index (χ2v) is 5.18. The number of rotatable bonds is 8. The highest BCUT2D eigenvalue weighted by Crippen LogP contribution is 2.22. The van der Waals surface area contributed by atoms with Gasteiger partial charge < -0.3 is 4.74 Å². The van der Waals surface area contributed by atoms with Crippen molar-refractivity contribution in [1.82, 2.24) is 0 Å². The predicted molar refractivity (Wildman–Crippen MR) is 86.3 cm³/mol. The first kappa shape index (κ1) is 19.6. The maximum Gasteiger partial charge on any atom is 0.168 e. The minimum absolute atomic E-state index is 0.229. The van der Waals surface area contributed by atoms with Crippen LogP contribution in [0.25, 0.3) is 0 Å². The first-order valence-corrected chi connectivity index (χ1v) is 7.96. The lowest BCUT2D eigenvalue weighted by Crippen LogP contribution is -2.07. The molecule has 0 unspecified atom stereocenters. The zero-order chi connectivity index (χ0) is 16.3. The molecule has 0 saturated carbocycles. The molecule has 3 heteroatoms. The molecule has 120 valence electrons. The summed E-state index contributed by atoms with van der Waals surface area (Å²) in [6.45, 7) is 10.4. The van der Waals surface area contributed by atoms with E-state index < -0.39 is 0 Å². The van der Waals surface area contributed by atoms with Crippen molar-refractivity contribution in [2.45, 2.75) is 60.3 Å². The van der Waals surface area contributed by atoms with Crippen molar-refractivity contribution in [3.63, 3.8) is 0 Å². The Morgan fingerprint density at radius 1 is 1.29 bits per heavy atom. The number of carbonyl (C=O) groups is 1. The summed E-state index contributed by atoms with van der Waals surface area (Å²) < 4.78 is 19.6. The molecule has 0 fully saturated rings. The monoisotopic (exact) mass is 296 g/mol. The van der Waals surface area contributed by atoms with Crippen molar-refractivity contribution in [1.29, 1.82) is 0 Å². The summed E-state index contributed by atoms with van der Waals surface area (Å²) in [7, 11) is 0. The summed E-state index contributed by atoms with van der Waals surface area (Å²) in [5.41, 5.74) is 0.630. The van der Waals surface area contributed by atoms with Crippen LogP contribution in [0.3, 0.4) is 0 Å². The van der Waals surface area contributed by atoms with E-state index >= 15 is 0 Å². The maximum atomic E-state index is 14.1. The van der Waals surface area contributed by atoms with Gasteiger partial charge in [-0.1, -0.05) is 46.8 Å². The van der Waals surface area contributed by atoms with Gasteiger partial charge in [0.1, 0.15) is 5.78 Å². The molecule has 0 atom stereocenters. The van der Waals surface area contributed by atoms with E-state index in [4.69, 9.17) is 4.74 Å². The van der Waals surface area contributed by atoms with Crippen molar-refractivity contribution in [2.24, 2.45) is 5.92 Å². The number of benzene rings is 1. The first-order chi connectivity index (χ1) is 10.0. The fourth-order valence-corrected chi connectivity index (χ4v) is 1.77. The van der Waals surface area contributed by atoms with Crippen LogP contribution < -0.4 is 4.74 Å². The number of carbonyl (C=O) groups excluding carboxylic acids is 1. The third-order valence-electron chi connectivity index (χ3n) is 2.91. The maximum absolute atomic E-state index is 14.1. The molecule has 0 aliphatic rings. The Labute approximate surface area is 128 Å². The van der Waals surface area contributed by atoms with Gasteiger partial charge in [0.25, 0.3) is 0 Å². The van der Waals surface area contributed by atoms with Gasteiger partial charge in [0.2, 0.25) is 0 Å². The highest BCUT2D eigenvalue weighted by atomic mass is 19.1. The summed E-state index contributed by atoms with van der Waals surface area (Å²) in [6, 6.07) is 5.21. The van der Waals surface area contributed by atoms with Crippen LogP contribution in [0.5, 0.6) is 5.75 Å². The fraction of sp³-hybridized carbons (Fsp3) is 0.611. The molecular weight excluding hydrogens is 267 g/mol. The molecule has 0 spiro atoms. The van der Waals surface area contributed by atoms with Crippen LogP contribution in [0.2, 0.25) is 0 Å². The van der Waals surface area contributed by atoms with Gasteiger partial charge in [0.05, 0.1) is 6.61 Å². The lowest BCUT2D eigenvalue weighted by atomic mass is 10.0. The van der Waals surface area contributed by atoms with Crippen molar-refractivity contribution in [3.8, 4) is 5.75 Å². The van der Waals surface area contributed by atoms with Gasteiger partial charge in [-0.2, -0.15) is 0 Å². The summed E-state index contributed by atoms with van der Waals surface area (Å²) in [5.74, 6) is 0.623. The second kappa shape index (κ2) is 11.3. The van der Waals surface area contributed by atoms with Crippen LogP contribution in [0.15, 0.2) is 18.2 Å². The number of Topliss-reactive ketones (excluding diaryl/α,β-unsaturated/α-hetero) is 1.